The molecule has 2 saturated heterocycles. The topological polar surface area (TPSA) is 233 Å². The van der Waals surface area contributed by atoms with E-state index in [-0.39, 0.29) is 31.3 Å². The molecule has 18 heteroatoms. The number of hydrogen-bond acceptors (Lipinski definition) is 13. The fraction of sp³-hybridized carbons (Fsp3) is 0.443. The number of methoxy groups -OCH3 is 2. The van der Waals surface area contributed by atoms with Crippen LogP contribution in [-0.4, -0.2) is 117 Å². The number of carbonyl (C=O) groups excluding carboxylic acids is 6. The Balaban J connectivity index is 1.00. The van der Waals surface area contributed by atoms with E-state index in [4.69, 9.17) is 28.4 Å². The van der Waals surface area contributed by atoms with E-state index >= 15 is 0 Å². The lowest BCUT2D eigenvalue weighted by Crippen LogP contribution is -2.63. The number of epoxide rings is 1. The van der Waals surface area contributed by atoms with Crippen LogP contribution >= 0.6 is 0 Å². The molecule has 420 valence electrons. The Morgan fingerprint density at radius 3 is 2.18 bits per heavy atom. The molecule has 9 atom stereocenters. The Morgan fingerprint density at radius 2 is 1.56 bits per heavy atom. The van der Waals surface area contributed by atoms with Gasteiger partial charge in [0.1, 0.15) is 48.4 Å². The number of esters is 1. The van der Waals surface area contributed by atoms with E-state index in [1.807, 2.05) is 68.5 Å². The van der Waals surface area contributed by atoms with Crippen LogP contribution in [0.25, 0.3) is 22.3 Å². The molecule has 0 radical (unpaired) electrons. The summed E-state index contributed by atoms with van der Waals surface area (Å²) in [5.74, 6) is -3.11. The number of nitrogens with one attached hydrogen (secondary N) is 4. The van der Waals surface area contributed by atoms with Crippen molar-refractivity contribution in [1.29, 1.82) is 0 Å². The van der Waals surface area contributed by atoms with Gasteiger partial charge in [0.15, 0.2) is 5.72 Å². The molecular formula is C61H73N5O13. The van der Waals surface area contributed by atoms with E-state index in [0.29, 0.717) is 34.7 Å². The fourth-order valence-electron chi connectivity index (χ4n) is 10.9. The zero-order valence-electron chi connectivity index (χ0n) is 46.7. The third kappa shape index (κ3) is 12.5. The lowest BCUT2D eigenvalue weighted by atomic mass is 9.83. The third-order valence-corrected chi connectivity index (χ3v) is 15.5. The van der Waals surface area contributed by atoms with Crippen molar-refractivity contribution in [1.82, 2.24) is 16.0 Å². The first-order valence-corrected chi connectivity index (χ1v) is 26.8. The van der Waals surface area contributed by atoms with Crippen LogP contribution in [0.1, 0.15) is 90.8 Å². The SMILES string of the molecule is COc1cc2cc(c1-c1ccc(NC(=O)[C@H](C)NC(=O)[C@@H](NC(=O)OCC3c4ccccc4-c4ccccc43)C(C)C)cc1)N(C)C(=O)C[C@H](OC(=O)C(C)C)[C@]1(C)O[C@H]1[C@H](C)[C@@H]1C[C@@](O)(NC(=O)O1)[C@H](OC)/C=C/C=C(\C)C2. The molecule has 2 fully saturated rings. The molecule has 79 heavy (non-hydrogen) atoms. The van der Waals surface area contributed by atoms with Crippen molar-refractivity contribution in [3.05, 3.63) is 125 Å². The van der Waals surface area contributed by atoms with Crippen LogP contribution in [0.15, 0.2) is 109 Å². The molecule has 0 unspecified atom stereocenters. The predicted molar refractivity (Wildman–Crippen MR) is 297 cm³/mol. The Labute approximate surface area is 461 Å². The number of carbonyl (C=O) groups is 6. The van der Waals surface area contributed by atoms with Crippen molar-refractivity contribution >= 4 is 47.3 Å². The molecule has 3 heterocycles. The Kier molecular flexibility index (Phi) is 17.4. The molecule has 0 spiro atoms. The highest BCUT2D eigenvalue weighted by Gasteiger charge is 2.64. The van der Waals surface area contributed by atoms with Crippen LogP contribution < -0.4 is 30.9 Å². The number of fused-ring (bicyclic) bond motifs is 8. The number of hydrogen-bond donors (Lipinski definition) is 5. The number of alkyl carbamates (subject to hydrolysis) is 2. The van der Waals surface area contributed by atoms with Crippen molar-refractivity contribution in [2.24, 2.45) is 17.8 Å². The summed E-state index contributed by atoms with van der Waals surface area (Å²) >= 11 is 0. The molecule has 1 aliphatic carbocycles. The van der Waals surface area contributed by atoms with E-state index in [1.54, 1.807) is 85.0 Å². The highest BCUT2D eigenvalue weighted by molar-refractivity contribution is 6.01. The molecule has 4 bridgehead atoms. The van der Waals surface area contributed by atoms with Gasteiger partial charge in [0.05, 0.1) is 31.2 Å². The van der Waals surface area contributed by atoms with Gasteiger partial charge < -0.3 is 54.4 Å². The zero-order chi connectivity index (χ0) is 57.1. The number of benzene rings is 4. The van der Waals surface area contributed by atoms with Crippen LogP contribution in [0, 0.1) is 17.8 Å². The van der Waals surface area contributed by atoms with Crippen molar-refractivity contribution in [3.8, 4) is 28.0 Å². The molecule has 4 aromatic rings. The quantitative estimate of drug-likeness (QED) is 0.0482. The molecule has 8 rings (SSSR count). The van der Waals surface area contributed by atoms with Gasteiger partial charge in [-0.2, -0.15) is 0 Å². The summed E-state index contributed by atoms with van der Waals surface area (Å²) < 4.78 is 35.6. The summed E-state index contributed by atoms with van der Waals surface area (Å²) in [7, 11) is 4.60. The number of ether oxygens (including phenoxy) is 6. The average Bonchev–Trinajstić information content (AvgIpc) is 4.22. The third-order valence-electron chi connectivity index (χ3n) is 15.5. The van der Waals surface area contributed by atoms with E-state index in [1.165, 1.54) is 19.1 Å². The normalized spacial score (nSPS) is 25.7. The first-order valence-electron chi connectivity index (χ1n) is 26.8. The van der Waals surface area contributed by atoms with Gasteiger partial charge in [0.25, 0.3) is 0 Å². The molecule has 5 amide bonds. The summed E-state index contributed by atoms with van der Waals surface area (Å²) in [5, 5.41) is 22.7. The minimum atomic E-state index is -1.84. The molecule has 4 aliphatic rings. The lowest BCUT2D eigenvalue weighted by molar-refractivity contribution is -0.157. The number of aliphatic hydroxyl groups is 1. The smallest absolute Gasteiger partial charge is 0.409 e. The summed E-state index contributed by atoms with van der Waals surface area (Å²) in [6.07, 6.45) is 0.239. The lowest BCUT2D eigenvalue weighted by Gasteiger charge is -2.42. The standard InChI is InChI=1S/C61H73N5O13/c1-33(2)53(64-58(71)76-32-45-43-20-14-12-18-41(43)42-19-13-15-21-44(42)45)56(69)62-37(7)55(68)63-40-25-23-39(24-26-40)52-46-28-38(29-47(52)74-10)27-35(5)17-16-22-49(75-11)61(73)31-48(77-59(72)65-61)36(6)54-60(8,79-54)50(30-51(67)66(46)9)78-57(70)34(3)4/h12-26,28-29,33-34,36-37,45,48-50,53-54,73H,27,30-32H2,1-11H3,(H,62,69)(H,63,68)(H,64,71)(H,65,72)/b22-16+,35-17+/t36-,37+,48+,49-,50+,53+,54+,60+,61+/m1/s1. The van der Waals surface area contributed by atoms with Crippen LogP contribution in [0.3, 0.4) is 0 Å². The van der Waals surface area contributed by atoms with Gasteiger partial charge >= 0.3 is 18.2 Å². The van der Waals surface area contributed by atoms with Gasteiger partial charge in [0, 0.05) is 43.7 Å². The first kappa shape index (κ1) is 57.6. The van der Waals surface area contributed by atoms with Gasteiger partial charge in [-0.15, -0.1) is 0 Å². The van der Waals surface area contributed by atoms with Gasteiger partial charge in [-0.3, -0.25) is 24.5 Å². The number of anilines is 2. The van der Waals surface area contributed by atoms with Crippen molar-refractivity contribution < 1.29 is 62.3 Å². The maximum absolute atomic E-state index is 14.8. The number of nitrogens with zero attached hydrogens (tertiary/aromatic N) is 1. The Bertz CT molecular complexity index is 2980. The monoisotopic (exact) mass is 1080 g/mol. The van der Waals surface area contributed by atoms with Crippen LogP contribution in [0.4, 0.5) is 21.0 Å². The maximum Gasteiger partial charge on any atom is 0.409 e. The molecule has 3 aliphatic heterocycles. The van der Waals surface area contributed by atoms with Gasteiger partial charge in [-0.05, 0) is 90.8 Å². The highest BCUT2D eigenvalue weighted by Crippen LogP contribution is 2.50. The highest BCUT2D eigenvalue weighted by atomic mass is 16.7. The van der Waals surface area contributed by atoms with Crippen molar-refractivity contribution in [2.45, 2.75) is 128 Å². The van der Waals surface area contributed by atoms with Crippen molar-refractivity contribution in [3.63, 3.8) is 0 Å². The summed E-state index contributed by atoms with van der Waals surface area (Å²) in [5.41, 5.74) is 5.07. The largest absolute Gasteiger partial charge is 0.496 e. The van der Waals surface area contributed by atoms with Gasteiger partial charge in [-0.25, -0.2) is 9.59 Å². The van der Waals surface area contributed by atoms with E-state index in [2.05, 4.69) is 33.4 Å². The maximum atomic E-state index is 14.8. The van der Waals surface area contributed by atoms with Crippen LogP contribution in [0.2, 0.25) is 0 Å². The second kappa shape index (κ2) is 23.8. The Morgan fingerprint density at radius 1 is 0.899 bits per heavy atom. The van der Waals surface area contributed by atoms with E-state index in [0.717, 1.165) is 33.4 Å². The summed E-state index contributed by atoms with van der Waals surface area (Å²) in [6.45, 7) is 14.1. The summed E-state index contributed by atoms with van der Waals surface area (Å²) in [4.78, 5) is 83.2. The molecular weight excluding hydrogens is 1010 g/mol. The molecule has 0 saturated carbocycles. The second-order valence-electron chi connectivity index (χ2n) is 21.9. The predicted octanol–water partition coefficient (Wildman–Crippen LogP) is 8.34. The molecule has 0 aromatic heterocycles. The van der Waals surface area contributed by atoms with Crippen LogP contribution in [0.5, 0.6) is 5.75 Å². The summed E-state index contributed by atoms with van der Waals surface area (Å²) in [6, 6.07) is 24.7. The molecule has 18 nitrogen and oxygen atoms in total. The molecule has 5 N–H and O–H groups in total. The van der Waals surface area contributed by atoms with E-state index in [9.17, 15) is 33.9 Å². The van der Waals surface area contributed by atoms with E-state index < -0.39 is 95.5 Å². The van der Waals surface area contributed by atoms with Crippen LogP contribution in [-0.2, 0) is 49.3 Å². The minimum Gasteiger partial charge on any atom is -0.496 e. The number of amides is 5. The molecule has 4 aromatic carbocycles. The zero-order valence-corrected chi connectivity index (χ0v) is 46.7. The fourth-order valence-corrected chi connectivity index (χ4v) is 10.9. The number of allylic oxidation sites excluding steroid dienone is 3. The number of rotatable bonds is 13. The average molecular weight is 1080 g/mol. The first-order chi connectivity index (χ1) is 37.5. The van der Waals surface area contributed by atoms with Gasteiger partial charge in [0.2, 0.25) is 17.7 Å². The van der Waals surface area contributed by atoms with Crippen molar-refractivity contribution in [2.75, 3.05) is 38.1 Å². The van der Waals surface area contributed by atoms with Gasteiger partial charge in [-0.1, -0.05) is 119 Å². The minimum absolute atomic E-state index is 0.0511. The second-order valence-corrected chi connectivity index (χ2v) is 21.9. The Hall–Kier alpha value is -7.54.